The number of nitrogens with zero attached hydrogens (tertiary/aromatic N) is 3. The Labute approximate surface area is 276 Å². The van der Waals surface area contributed by atoms with Gasteiger partial charge in [0.2, 0.25) is 17.7 Å². The molecule has 8 heteroatoms. The van der Waals surface area contributed by atoms with Gasteiger partial charge in [0.25, 0.3) is 0 Å². The summed E-state index contributed by atoms with van der Waals surface area (Å²) >= 11 is 0. The molecule has 2 unspecified atom stereocenters. The van der Waals surface area contributed by atoms with Gasteiger partial charge in [-0.1, -0.05) is 83.5 Å². The van der Waals surface area contributed by atoms with Gasteiger partial charge in [0.1, 0.15) is 11.6 Å². The molecule has 7 atom stereocenters. The van der Waals surface area contributed by atoms with Crippen molar-refractivity contribution in [3.63, 3.8) is 0 Å². The van der Waals surface area contributed by atoms with Crippen LogP contribution in [0.25, 0.3) is 0 Å². The number of fused-ring (bicyclic) bond motifs is 1. The fraction of sp³-hybridized carbons (Fsp3) is 0.658. The molecule has 3 heterocycles. The highest BCUT2D eigenvalue weighted by Crippen LogP contribution is 2.64. The zero-order valence-corrected chi connectivity index (χ0v) is 29.4. The third-order valence-electron chi connectivity index (χ3n) is 10.7. The maximum Gasteiger partial charge on any atom is 0.249 e. The predicted octanol–water partition coefficient (Wildman–Crippen LogP) is 5.60. The van der Waals surface area contributed by atoms with Gasteiger partial charge in [0.15, 0.2) is 0 Å². The molecule has 0 aliphatic carbocycles. The van der Waals surface area contributed by atoms with Gasteiger partial charge in [0.05, 0.1) is 30.1 Å². The molecule has 3 aliphatic heterocycles. The van der Waals surface area contributed by atoms with Crippen LogP contribution >= 0.6 is 0 Å². The smallest absolute Gasteiger partial charge is 0.249 e. The summed E-state index contributed by atoms with van der Waals surface area (Å²) in [5.41, 5.74) is -1.75. The maximum atomic E-state index is 15.2. The van der Waals surface area contributed by atoms with Crippen molar-refractivity contribution in [2.45, 2.75) is 116 Å². The molecule has 1 spiro atoms. The summed E-state index contributed by atoms with van der Waals surface area (Å²) in [7, 11) is 0. The zero-order valence-electron chi connectivity index (χ0n) is 29.4. The number of hydrogen-bond donors (Lipinski definition) is 1. The summed E-state index contributed by atoms with van der Waals surface area (Å²) in [4.78, 5) is 49.9. The number of carbonyl (C=O) groups excluding carboxylic acids is 3. The summed E-state index contributed by atoms with van der Waals surface area (Å²) in [6.07, 6.45) is 5.91. The number of aliphatic hydroxyl groups is 1. The molecule has 8 nitrogen and oxygen atoms in total. The molecule has 3 saturated heterocycles. The number of ether oxygens (including phenoxy) is 1. The molecular weight excluding hydrogens is 578 g/mol. The highest BCUT2D eigenvalue weighted by molar-refractivity contribution is 5.99. The van der Waals surface area contributed by atoms with E-state index in [0.717, 1.165) is 12.0 Å². The second kappa shape index (κ2) is 13.3. The minimum atomic E-state index is -1.19. The molecule has 1 aromatic carbocycles. The summed E-state index contributed by atoms with van der Waals surface area (Å²) < 4.78 is 6.98. The lowest BCUT2D eigenvalue weighted by atomic mass is 9.66. The van der Waals surface area contributed by atoms with E-state index in [2.05, 4.69) is 47.8 Å². The van der Waals surface area contributed by atoms with Crippen molar-refractivity contribution < 1.29 is 24.2 Å². The number of likely N-dealkylation sites (tertiary alicyclic amines) is 1. The molecule has 1 aromatic rings. The maximum absolute atomic E-state index is 15.2. The van der Waals surface area contributed by atoms with Gasteiger partial charge in [-0.05, 0) is 56.9 Å². The quantitative estimate of drug-likeness (QED) is 0.269. The van der Waals surface area contributed by atoms with Gasteiger partial charge in [-0.15, -0.1) is 13.2 Å². The van der Waals surface area contributed by atoms with Crippen LogP contribution in [0.2, 0.25) is 0 Å². The van der Waals surface area contributed by atoms with Crippen LogP contribution in [0.1, 0.15) is 86.6 Å². The Morgan fingerprint density at radius 3 is 2.26 bits per heavy atom. The molecule has 4 rings (SSSR count). The first kappa shape index (κ1) is 35.9. The summed E-state index contributed by atoms with van der Waals surface area (Å²) in [5.74, 6) is -2.34. The van der Waals surface area contributed by atoms with Crippen LogP contribution in [0.15, 0.2) is 55.6 Å². The Morgan fingerprint density at radius 2 is 1.72 bits per heavy atom. The van der Waals surface area contributed by atoms with Crippen molar-refractivity contribution in [1.82, 2.24) is 14.7 Å². The van der Waals surface area contributed by atoms with Gasteiger partial charge in [-0.2, -0.15) is 0 Å². The van der Waals surface area contributed by atoms with Crippen LogP contribution in [0, 0.1) is 23.2 Å². The van der Waals surface area contributed by atoms with Crippen LogP contribution in [-0.4, -0.2) is 86.0 Å². The third kappa shape index (κ3) is 6.32. The lowest BCUT2D eigenvalue weighted by Crippen LogP contribution is -2.63. The van der Waals surface area contributed by atoms with Crippen molar-refractivity contribution >= 4 is 17.7 Å². The lowest BCUT2D eigenvalue weighted by Gasteiger charge is -2.47. The topological polar surface area (TPSA) is 90.4 Å². The summed E-state index contributed by atoms with van der Waals surface area (Å²) in [5, 5.41) is 10.8. The van der Waals surface area contributed by atoms with E-state index in [9.17, 15) is 14.7 Å². The Hall–Kier alpha value is -2.97. The molecule has 3 fully saturated rings. The van der Waals surface area contributed by atoms with E-state index < -0.39 is 40.7 Å². The van der Waals surface area contributed by atoms with Crippen LogP contribution in [0.4, 0.5) is 0 Å². The normalized spacial score (nSPS) is 28.5. The van der Waals surface area contributed by atoms with Gasteiger partial charge < -0.3 is 24.5 Å². The van der Waals surface area contributed by atoms with Crippen molar-refractivity contribution in [3.05, 3.63) is 61.2 Å². The number of amides is 3. The largest absolute Gasteiger partial charge is 0.394 e. The number of benzene rings is 1. The summed E-state index contributed by atoms with van der Waals surface area (Å²) in [6.45, 7) is 25.1. The molecule has 0 aromatic heterocycles. The average molecular weight is 636 g/mol. The Bertz CT molecular complexity index is 1300. The number of hydrogen-bond acceptors (Lipinski definition) is 5. The van der Waals surface area contributed by atoms with Crippen LogP contribution in [0.3, 0.4) is 0 Å². The van der Waals surface area contributed by atoms with E-state index in [1.165, 1.54) is 0 Å². The standard InChI is InChI=1S/C38H57N3O5/c1-11-21-39(23-27-17-15-14-16-18-27)32(43)29-30-33(44)41(28(24-42)26(4)13-3)31(38(30)20-19-37(29,10)46-38)34(45)40(22-12-2)36(8,9)25-35(5,6)7/h11-12,14-18,26,28-31,42H,1-2,13,19-25H2,3-10H3/t26-,28-,29-,30-,31?,37+,38?/m0/s1. The highest BCUT2D eigenvalue weighted by atomic mass is 16.5. The van der Waals surface area contributed by atoms with Crippen LogP contribution < -0.4 is 0 Å². The Kier molecular flexibility index (Phi) is 10.3. The molecule has 1 N–H and O–H groups in total. The van der Waals surface area contributed by atoms with Gasteiger partial charge >= 0.3 is 0 Å². The van der Waals surface area contributed by atoms with E-state index >= 15 is 4.79 Å². The molecule has 2 bridgehead atoms. The van der Waals surface area contributed by atoms with E-state index in [1.54, 1.807) is 22.0 Å². The molecule has 46 heavy (non-hydrogen) atoms. The first-order valence-electron chi connectivity index (χ1n) is 17.0. The minimum absolute atomic E-state index is 0.0692. The first-order chi connectivity index (χ1) is 21.5. The Balaban J connectivity index is 1.85. The highest BCUT2D eigenvalue weighted by Gasteiger charge is 2.79. The second-order valence-corrected chi connectivity index (χ2v) is 15.9. The van der Waals surface area contributed by atoms with Crippen LogP contribution in [0.5, 0.6) is 0 Å². The van der Waals surface area contributed by atoms with Crippen molar-refractivity contribution in [3.8, 4) is 0 Å². The SMILES string of the molecule is C=CCN(Cc1ccccc1)C(=O)[C@@H]1[C@H]2C(=O)N([C@@H](CO)[C@@H](C)CC)C(C(=O)N(CC=C)C(C)(C)CC(C)(C)C)C23CC[C@@]1(C)O3. The van der Waals surface area contributed by atoms with E-state index in [-0.39, 0.29) is 35.7 Å². The molecule has 254 valence electrons. The first-order valence-corrected chi connectivity index (χ1v) is 17.0. The number of rotatable bonds is 14. The third-order valence-corrected chi connectivity index (χ3v) is 10.7. The summed E-state index contributed by atoms with van der Waals surface area (Å²) in [6, 6.07) is 8.21. The van der Waals surface area contributed by atoms with Gasteiger partial charge in [-0.25, -0.2) is 0 Å². The fourth-order valence-electron chi connectivity index (χ4n) is 8.88. The molecule has 3 amide bonds. The molecule has 0 saturated carbocycles. The Morgan fingerprint density at radius 1 is 1.09 bits per heavy atom. The molecule has 0 radical (unpaired) electrons. The monoisotopic (exact) mass is 635 g/mol. The predicted molar refractivity (Wildman–Crippen MR) is 182 cm³/mol. The van der Waals surface area contributed by atoms with Gasteiger partial charge in [-0.3, -0.25) is 14.4 Å². The van der Waals surface area contributed by atoms with E-state index in [0.29, 0.717) is 38.9 Å². The lowest BCUT2D eigenvalue weighted by molar-refractivity contribution is -0.161. The minimum Gasteiger partial charge on any atom is -0.394 e. The zero-order chi connectivity index (χ0) is 34.2. The number of aliphatic hydroxyl groups excluding tert-OH is 1. The van der Waals surface area contributed by atoms with Crippen LogP contribution in [-0.2, 0) is 25.7 Å². The average Bonchev–Trinajstić information content (AvgIpc) is 3.55. The second-order valence-electron chi connectivity index (χ2n) is 15.9. The van der Waals surface area contributed by atoms with Crippen molar-refractivity contribution in [1.29, 1.82) is 0 Å². The van der Waals surface area contributed by atoms with Crippen molar-refractivity contribution in [2.24, 2.45) is 23.2 Å². The van der Waals surface area contributed by atoms with Gasteiger partial charge in [0, 0.05) is 25.2 Å². The molecular formula is C38H57N3O5. The van der Waals surface area contributed by atoms with E-state index in [1.807, 2.05) is 56.0 Å². The van der Waals surface area contributed by atoms with Crippen molar-refractivity contribution in [2.75, 3.05) is 19.7 Å². The number of carbonyl (C=O) groups is 3. The van der Waals surface area contributed by atoms with E-state index in [4.69, 9.17) is 4.74 Å². The fourth-order valence-corrected chi connectivity index (χ4v) is 8.88. The molecule has 3 aliphatic rings.